The second-order valence-electron chi connectivity index (χ2n) is 6.08. The fourth-order valence-electron chi connectivity index (χ4n) is 2.24. The Morgan fingerprint density at radius 3 is 2.08 bits per heavy atom. The molecule has 0 saturated carbocycles. The summed E-state index contributed by atoms with van der Waals surface area (Å²) < 4.78 is 11.1. The van der Waals surface area contributed by atoms with Crippen molar-refractivity contribution in [2.75, 3.05) is 7.05 Å². The van der Waals surface area contributed by atoms with Gasteiger partial charge in [-0.2, -0.15) is 0 Å². The normalized spacial score (nSPS) is 13.6. The molecular formula is C16H24N3O6P. The van der Waals surface area contributed by atoms with Crippen molar-refractivity contribution in [1.82, 2.24) is 16.0 Å². The summed E-state index contributed by atoms with van der Waals surface area (Å²) in [5.41, 5.74) is -0.866. The van der Waals surface area contributed by atoms with Crippen LogP contribution in [0.4, 0.5) is 4.79 Å². The molecule has 3 amide bonds. The first-order valence-electron chi connectivity index (χ1n) is 7.98. The Kier molecular flexibility index (Phi) is 7.95. The highest BCUT2D eigenvalue weighted by molar-refractivity contribution is 7.69. The Morgan fingerprint density at radius 1 is 1.04 bits per heavy atom. The molecule has 1 aromatic rings. The maximum absolute atomic E-state index is 12.6. The second kappa shape index (κ2) is 9.47. The predicted octanol–water partition coefficient (Wildman–Crippen LogP) is 0.372. The quantitative estimate of drug-likeness (QED) is 0.409. The molecule has 0 spiro atoms. The molecule has 0 aliphatic heterocycles. The molecule has 1 rings (SSSR count). The standard InChI is InChI=1S/C16H24N3O6P/c1-10(2)13(15(21)17-3)19-14(20)12(18-16(22)26(23,24)25)9-11-7-5-4-6-8-11/h4-8,10,12-13H,9H2,1-3H3,(H,17,21)(H,18,22)(H,19,20)(H2,23,24,25)/t12-,13-/m0/s1. The van der Waals surface area contributed by atoms with Gasteiger partial charge in [0.1, 0.15) is 12.1 Å². The average Bonchev–Trinajstić information content (AvgIpc) is 2.57. The molecule has 26 heavy (non-hydrogen) atoms. The average molecular weight is 385 g/mol. The van der Waals surface area contributed by atoms with E-state index in [4.69, 9.17) is 9.79 Å². The lowest BCUT2D eigenvalue weighted by Crippen LogP contribution is -2.55. The first-order valence-corrected chi connectivity index (χ1v) is 9.60. The molecule has 10 heteroatoms. The molecule has 0 aromatic heterocycles. The zero-order chi connectivity index (χ0) is 19.9. The Labute approximate surface area is 151 Å². The van der Waals surface area contributed by atoms with Gasteiger partial charge in [0.2, 0.25) is 11.8 Å². The largest absolute Gasteiger partial charge is 0.413 e. The van der Waals surface area contributed by atoms with Crippen molar-refractivity contribution < 1.29 is 28.7 Å². The molecule has 0 bridgehead atoms. The van der Waals surface area contributed by atoms with Gasteiger partial charge in [0.25, 0.3) is 0 Å². The lowest BCUT2D eigenvalue weighted by Gasteiger charge is -2.25. The number of nitrogens with one attached hydrogen (secondary N) is 3. The summed E-state index contributed by atoms with van der Waals surface area (Å²) in [5.74, 6) is -1.35. The van der Waals surface area contributed by atoms with Crippen LogP contribution in [0.3, 0.4) is 0 Å². The number of likely N-dealkylation sites (N-methyl/N-ethyl adjacent to an activating group) is 1. The minimum atomic E-state index is -5.04. The molecule has 2 atom stereocenters. The van der Waals surface area contributed by atoms with Crippen molar-refractivity contribution >= 4 is 25.1 Å². The summed E-state index contributed by atoms with van der Waals surface area (Å²) in [4.78, 5) is 54.1. The van der Waals surface area contributed by atoms with Gasteiger partial charge in [0.15, 0.2) is 0 Å². The van der Waals surface area contributed by atoms with E-state index in [1.54, 1.807) is 44.2 Å². The van der Waals surface area contributed by atoms with E-state index in [9.17, 15) is 18.9 Å². The van der Waals surface area contributed by atoms with Gasteiger partial charge >= 0.3 is 13.2 Å². The van der Waals surface area contributed by atoms with Gasteiger partial charge in [-0.15, -0.1) is 0 Å². The van der Waals surface area contributed by atoms with E-state index in [-0.39, 0.29) is 12.3 Å². The molecule has 0 saturated heterocycles. The van der Waals surface area contributed by atoms with Crippen LogP contribution < -0.4 is 16.0 Å². The van der Waals surface area contributed by atoms with Crippen LogP contribution in [-0.4, -0.2) is 46.4 Å². The van der Waals surface area contributed by atoms with Crippen LogP contribution in [0.25, 0.3) is 0 Å². The molecule has 0 unspecified atom stereocenters. The van der Waals surface area contributed by atoms with Gasteiger partial charge in [-0.05, 0) is 11.5 Å². The van der Waals surface area contributed by atoms with Crippen LogP contribution in [-0.2, 0) is 20.6 Å². The third-order valence-electron chi connectivity index (χ3n) is 3.65. The minimum absolute atomic E-state index is 0.0109. The smallest absolute Gasteiger partial charge is 0.357 e. The van der Waals surface area contributed by atoms with Crippen LogP contribution in [0, 0.1) is 5.92 Å². The van der Waals surface area contributed by atoms with Crippen molar-refractivity contribution in [3.8, 4) is 0 Å². The summed E-state index contributed by atoms with van der Waals surface area (Å²) >= 11 is 0. The van der Waals surface area contributed by atoms with E-state index in [0.717, 1.165) is 0 Å². The summed E-state index contributed by atoms with van der Waals surface area (Å²) in [6.45, 7) is 3.47. The van der Waals surface area contributed by atoms with Crippen molar-refractivity contribution in [2.24, 2.45) is 5.92 Å². The summed E-state index contributed by atoms with van der Waals surface area (Å²) in [5, 5.41) is 7.03. The molecule has 0 fully saturated rings. The first-order chi connectivity index (χ1) is 12.1. The van der Waals surface area contributed by atoms with Crippen LogP contribution in [0.2, 0.25) is 0 Å². The topological polar surface area (TPSA) is 145 Å². The van der Waals surface area contributed by atoms with E-state index in [2.05, 4.69) is 16.0 Å². The molecule has 5 N–H and O–H groups in total. The highest BCUT2D eigenvalue weighted by Gasteiger charge is 2.33. The van der Waals surface area contributed by atoms with E-state index >= 15 is 0 Å². The maximum atomic E-state index is 12.6. The SMILES string of the molecule is CNC(=O)[C@@H](NC(=O)[C@H](Cc1ccccc1)NC(=O)P(=O)(O)O)C(C)C. The monoisotopic (exact) mass is 385 g/mol. The fourth-order valence-corrected chi connectivity index (χ4v) is 2.56. The third-order valence-corrected chi connectivity index (χ3v) is 4.31. The highest BCUT2D eigenvalue weighted by atomic mass is 31.2. The number of amides is 3. The van der Waals surface area contributed by atoms with E-state index < -0.39 is 37.1 Å². The molecule has 0 radical (unpaired) electrons. The lowest BCUT2D eigenvalue weighted by molar-refractivity contribution is -0.130. The third kappa shape index (κ3) is 6.59. The lowest BCUT2D eigenvalue weighted by atomic mass is 10.0. The molecule has 144 valence electrons. The molecule has 0 aliphatic carbocycles. The van der Waals surface area contributed by atoms with Gasteiger partial charge in [-0.25, -0.2) is 4.57 Å². The van der Waals surface area contributed by atoms with Crippen LogP contribution in [0.5, 0.6) is 0 Å². The number of rotatable bonds is 8. The van der Waals surface area contributed by atoms with Gasteiger partial charge in [0, 0.05) is 13.5 Å². The van der Waals surface area contributed by atoms with Crippen LogP contribution in [0.1, 0.15) is 19.4 Å². The van der Waals surface area contributed by atoms with Crippen LogP contribution >= 0.6 is 7.60 Å². The Bertz CT molecular complexity index is 688. The summed E-state index contributed by atoms with van der Waals surface area (Å²) in [6.07, 6.45) is 0.0109. The van der Waals surface area contributed by atoms with E-state index in [1.807, 2.05) is 0 Å². The minimum Gasteiger partial charge on any atom is -0.357 e. The predicted molar refractivity (Wildman–Crippen MR) is 95.3 cm³/mol. The number of carbonyl (C=O) groups is 3. The Morgan fingerprint density at radius 2 is 1.62 bits per heavy atom. The van der Waals surface area contributed by atoms with Gasteiger partial charge in [-0.3, -0.25) is 14.4 Å². The fraction of sp³-hybridized carbons (Fsp3) is 0.438. The zero-order valence-electron chi connectivity index (χ0n) is 14.8. The van der Waals surface area contributed by atoms with E-state index in [1.165, 1.54) is 7.05 Å². The van der Waals surface area contributed by atoms with Crippen LogP contribution in [0.15, 0.2) is 30.3 Å². The van der Waals surface area contributed by atoms with Gasteiger partial charge < -0.3 is 25.7 Å². The number of carbonyl (C=O) groups excluding carboxylic acids is 3. The summed E-state index contributed by atoms with van der Waals surface area (Å²) in [7, 11) is -3.61. The summed E-state index contributed by atoms with van der Waals surface area (Å²) in [6, 6.07) is 6.56. The highest BCUT2D eigenvalue weighted by Crippen LogP contribution is 2.35. The number of benzene rings is 1. The van der Waals surface area contributed by atoms with E-state index in [0.29, 0.717) is 5.56 Å². The molecule has 0 heterocycles. The molecular weight excluding hydrogens is 361 g/mol. The first kappa shape index (κ1) is 21.8. The number of hydrogen-bond acceptors (Lipinski definition) is 4. The molecule has 9 nitrogen and oxygen atoms in total. The van der Waals surface area contributed by atoms with Crippen molar-refractivity contribution in [1.29, 1.82) is 0 Å². The maximum Gasteiger partial charge on any atom is 0.413 e. The molecule has 1 aromatic carbocycles. The van der Waals surface area contributed by atoms with Crippen molar-refractivity contribution in [3.63, 3.8) is 0 Å². The Hall–Kier alpha value is -2.22. The van der Waals surface area contributed by atoms with Gasteiger partial charge in [0.05, 0.1) is 0 Å². The zero-order valence-corrected chi connectivity index (χ0v) is 15.7. The molecule has 0 aliphatic rings. The Balaban J connectivity index is 3.01. The number of hydrogen-bond donors (Lipinski definition) is 5. The van der Waals surface area contributed by atoms with Gasteiger partial charge in [-0.1, -0.05) is 44.2 Å². The second-order valence-corrected chi connectivity index (χ2v) is 7.57. The van der Waals surface area contributed by atoms with Crippen molar-refractivity contribution in [3.05, 3.63) is 35.9 Å². The van der Waals surface area contributed by atoms with Crippen molar-refractivity contribution in [2.45, 2.75) is 32.4 Å².